The average molecular weight is 366 g/mol. The summed E-state index contributed by atoms with van der Waals surface area (Å²) < 4.78 is 1.04. The zero-order valence-corrected chi connectivity index (χ0v) is 14.7. The van der Waals surface area contributed by atoms with Gasteiger partial charge in [0.2, 0.25) is 5.91 Å². The summed E-state index contributed by atoms with van der Waals surface area (Å²) in [5.74, 6) is -0.190. The lowest BCUT2D eigenvalue weighted by molar-refractivity contribution is -0.133. The number of aromatic nitrogens is 2. The highest BCUT2D eigenvalue weighted by atomic mass is 35.5. The standard InChI is InChI=1S/C17H17Cl2N3O2/c1-21(14-8-4-6-11-5-2-3-7-12(11)14)15(23)10-22-17(24)16(19)13(18)9-20-22/h2-3,5,7,9,14H,4,6,8,10H2,1H3. The van der Waals surface area contributed by atoms with E-state index in [1.54, 1.807) is 11.9 Å². The van der Waals surface area contributed by atoms with Crippen molar-refractivity contribution in [3.05, 3.63) is 62.0 Å². The van der Waals surface area contributed by atoms with Crippen molar-refractivity contribution in [3.8, 4) is 0 Å². The van der Waals surface area contributed by atoms with E-state index < -0.39 is 5.56 Å². The Bertz CT molecular complexity index is 835. The van der Waals surface area contributed by atoms with E-state index >= 15 is 0 Å². The van der Waals surface area contributed by atoms with Crippen molar-refractivity contribution in [1.29, 1.82) is 0 Å². The summed E-state index contributed by atoms with van der Waals surface area (Å²) >= 11 is 11.6. The number of amides is 1. The lowest BCUT2D eigenvalue weighted by atomic mass is 9.87. The van der Waals surface area contributed by atoms with E-state index in [1.165, 1.54) is 17.3 Å². The molecule has 1 heterocycles. The van der Waals surface area contributed by atoms with Crippen molar-refractivity contribution in [2.24, 2.45) is 0 Å². The molecular formula is C17H17Cl2N3O2. The molecule has 0 saturated heterocycles. The van der Waals surface area contributed by atoms with Gasteiger partial charge in [-0.2, -0.15) is 5.10 Å². The zero-order valence-electron chi connectivity index (χ0n) is 13.2. The van der Waals surface area contributed by atoms with Gasteiger partial charge in [-0.05, 0) is 30.4 Å². The number of rotatable bonds is 3. The van der Waals surface area contributed by atoms with Gasteiger partial charge in [0.1, 0.15) is 11.6 Å². The molecule has 1 unspecified atom stereocenters. The molecule has 1 aromatic heterocycles. The Kier molecular flexibility index (Phi) is 4.92. The molecule has 7 heteroatoms. The molecule has 3 rings (SSSR count). The van der Waals surface area contributed by atoms with Crippen molar-refractivity contribution in [2.45, 2.75) is 31.8 Å². The summed E-state index contributed by atoms with van der Waals surface area (Å²) in [4.78, 5) is 26.3. The zero-order chi connectivity index (χ0) is 17.3. The molecule has 0 aliphatic heterocycles. The molecule has 1 aliphatic carbocycles. The highest BCUT2D eigenvalue weighted by Gasteiger charge is 2.27. The first kappa shape index (κ1) is 17.0. The summed E-state index contributed by atoms with van der Waals surface area (Å²) in [7, 11) is 1.76. The van der Waals surface area contributed by atoms with Gasteiger partial charge in [-0.3, -0.25) is 9.59 Å². The van der Waals surface area contributed by atoms with Crippen LogP contribution in [0, 0.1) is 0 Å². The van der Waals surface area contributed by atoms with Crippen molar-refractivity contribution in [2.75, 3.05) is 7.05 Å². The van der Waals surface area contributed by atoms with Gasteiger partial charge in [-0.15, -0.1) is 0 Å². The fourth-order valence-electron chi connectivity index (χ4n) is 3.10. The predicted octanol–water partition coefficient (Wildman–Crippen LogP) is 3.09. The first-order valence-corrected chi connectivity index (χ1v) is 8.49. The van der Waals surface area contributed by atoms with E-state index in [-0.39, 0.29) is 28.5 Å². The second-order valence-electron chi connectivity index (χ2n) is 5.88. The van der Waals surface area contributed by atoms with Gasteiger partial charge in [0.15, 0.2) is 0 Å². The third-order valence-electron chi connectivity index (χ3n) is 4.43. The summed E-state index contributed by atoms with van der Waals surface area (Å²) in [6.07, 6.45) is 4.24. The second-order valence-corrected chi connectivity index (χ2v) is 6.67. The minimum Gasteiger partial charge on any atom is -0.337 e. The van der Waals surface area contributed by atoms with Crippen LogP contribution < -0.4 is 5.56 Å². The minimum atomic E-state index is -0.560. The van der Waals surface area contributed by atoms with Crippen molar-refractivity contribution < 1.29 is 4.79 Å². The Morgan fingerprint density at radius 3 is 2.92 bits per heavy atom. The van der Waals surface area contributed by atoms with Gasteiger partial charge >= 0.3 is 0 Å². The van der Waals surface area contributed by atoms with Crippen LogP contribution in [0.5, 0.6) is 0 Å². The Morgan fingerprint density at radius 2 is 2.12 bits per heavy atom. The molecular weight excluding hydrogens is 349 g/mol. The summed E-state index contributed by atoms with van der Waals surface area (Å²) in [5, 5.41) is 3.85. The van der Waals surface area contributed by atoms with Crippen LogP contribution in [-0.4, -0.2) is 27.6 Å². The van der Waals surface area contributed by atoms with E-state index in [9.17, 15) is 9.59 Å². The summed E-state index contributed by atoms with van der Waals surface area (Å²) in [6.45, 7) is -0.162. The third kappa shape index (κ3) is 3.19. The predicted molar refractivity (Wildman–Crippen MR) is 93.4 cm³/mol. The molecule has 0 saturated carbocycles. The number of nitrogens with zero attached hydrogens (tertiary/aromatic N) is 3. The molecule has 0 fully saturated rings. The van der Waals surface area contributed by atoms with Gasteiger partial charge in [0.05, 0.1) is 17.3 Å². The molecule has 0 spiro atoms. The topological polar surface area (TPSA) is 55.2 Å². The maximum absolute atomic E-state index is 12.6. The van der Waals surface area contributed by atoms with Gasteiger partial charge < -0.3 is 4.90 Å². The van der Waals surface area contributed by atoms with Crippen LogP contribution in [-0.2, 0) is 17.8 Å². The fraction of sp³-hybridized carbons (Fsp3) is 0.353. The van der Waals surface area contributed by atoms with Gasteiger partial charge in [-0.1, -0.05) is 47.5 Å². The van der Waals surface area contributed by atoms with Gasteiger partial charge in [0.25, 0.3) is 5.56 Å². The number of fused-ring (bicyclic) bond motifs is 1. The maximum Gasteiger partial charge on any atom is 0.287 e. The van der Waals surface area contributed by atoms with E-state index in [4.69, 9.17) is 23.2 Å². The normalized spacial score (nSPS) is 16.5. The molecule has 1 amide bonds. The molecule has 5 nitrogen and oxygen atoms in total. The van der Waals surface area contributed by atoms with Crippen LogP contribution in [0.15, 0.2) is 35.3 Å². The largest absolute Gasteiger partial charge is 0.337 e. The third-order valence-corrected chi connectivity index (χ3v) is 5.17. The number of halogens is 2. The van der Waals surface area contributed by atoms with E-state index in [2.05, 4.69) is 17.2 Å². The van der Waals surface area contributed by atoms with Crippen molar-refractivity contribution >= 4 is 29.1 Å². The highest BCUT2D eigenvalue weighted by Crippen LogP contribution is 2.33. The lowest BCUT2D eigenvalue weighted by Gasteiger charge is -2.33. The van der Waals surface area contributed by atoms with Gasteiger partial charge in [-0.25, -0.2) is 4.68 Å². The molecule has 126 valence electrons. The van der Waals surface area contributed by atoms with Crippen molar-refractivity contribution in [3.63, 3.8) is 0 Å². The molecule has 24 heavy (non-hydrogen) atoms. The van der Waals surface area contributed by atoms with Gasteiger partial charge in [0, 0.05) is 7.05 Å². The molecule has 2 aromatic rings. The number of carbonyl (C=O) groups excluding carboxylic acids is 1. The quantitative estimate of drug-likeness (QED) is 0.839. The Hall–Kier alpha value is -1.85. The number of benzene rings is 1. The fourth-order valence-corrected chi connectivity index (χ4v) is 3.37. The minimum absolute atomic E-state index is 0.0147. The maximum atomic E-state index is 12.6. The van der Waals surface area contributed by atoms with Crippen LogP contribution in [0.4, 0.5) is 0 Å². The summed E-state index contributed by atoms with van der Waals surface area (Å²) in [5.41, 5.74) is 1.89. The molecule has 1 aliphatic rings. The Balaban J connectivity index is 1.82. The number of likely N-dealkylation sites (N-methyl/N-ethyl adjacent to an activating group) is 1. The van der Waals surface area contributed by atoms with E-state index in [0.717, 1.165) is 23.9 Å². The lowest BCUT2D eigenvalue weighted by Crippen LogP contribution is -2.38. The second kappa shape index (κ2) is 6.95. The number of hydrogen-bond acceptors (Lipinski definition) is 3. The van der Waals surface area contributed by atoms with Crippen LogP contribution in [0.2, 0.25) is 10.0 Å². The summed E-state index contributed by atoms with van der Waals surface area (Å²) in [6, 6.07) is 8.18. The average Bonchev–Trinajstić information content (AvgIpc) is 2.61. The molecule has 0 radical (unpaired) electrons. The van der Waals surface area contributed by atoms with Crippen LogP contribution in [0.25, 0.3) is 0 Å². The molecule has 0 bridgehead atoms. The smallest absolute Gasteiger partial charge is 0.287 e. The number of hydrogen-bond donors (Lipinski definition) is 0. The van der Waals surface area contributed by atoms with Crippen LogP contribution in [0.1, 0.15) is 30.0 Å². The first-order valence-electron chi connectivity index (χ1n) is 7.73. The SMILES string of the molecule is CN(C(=O)Cn1ncc(Cl)c(Cl)c1=O)C1CCCc2ccccc21. The van der Waals surface area contributed by atoms with Crippen LogP contribution >= 0.6 is 23.2 Å². The number of carbonyl (C=O) groups is 1. The van der Waals surface area contributed by atoms with Crippen LogP contribution in [0.3, 0.4) is 0 Å². The van der Waals surface area contributed by atoms with Crippen molar-refractivity contribution in [1.82, 2.24) is 14.7 Å². The molecule has 1 atom stereocenters. The monoisotopic (exact) mass is 365 g/mol. The van der Waals surface area contributed by atoms with E-state index in [0.29, 0.717) is 0 Å². The molecule has 0 N–H and O–H groups in total. The number of aryl methyl sites for hydroxylation is 1. The Morgan fingerprint density at radius 1 is 1.38 bits per heavy atom. The molecule has 1 aromatic carbocycles. The van der Waals surface area contributed by atoms with E-state index in [1.807, 2.05) is 12.1 Å². The highest BCUT2D eigenvalue weighted by molar-refractivity contribution is 6.41. The Labute approximate surface area is 149 Å². The first-order chi connectivity index (χ1) is 11.5.